The van der Waals surface area contributed by atoms with Crippen LogP contribution in [0.1, 0.15) is 26.7 Å². The highest BCUT2D eigenvalue weighted by atomic mass is 16.3. The first-order valence-electron chi connectivity index (χ1n) is 5.35. The van der Waals surface area contributed by atoms with Gasteiger partial charge in [0.2, 0.25) is 5.91 Å². The largest absolute Gasteiger partial charge is 0.396 e. The molecule has 2 N–H and O–H groups in total. The average molecular weight is 200 g/mol. The second kappa shape index (κ2) is 5.32. The minimum atomic E-state index is -0.150. The summed E-state index contributed by atoms with van der Waals surface area (Å²) < 4.78 is 0. The number of nitrogens with one attached hydrogen (secondary N) is 1. The van der Waals surface area contributed by atoms with Crippen molar-refractivity contribution in [1.29, 1.82) is 0 Å². The van der Waals surface area contributed by atoms with E-state index in [4.69, 9.17) is 5.11 Å². The van der Waals surface area contributed by atoms with Gasteiger partial charge in [-0.05, 0) is 26.3 Å². The molecular formula is C10H20N2O2. The first-order chi connectivity index (χ1) is 6.70. The number of hydrogen-bond acceptors (Lipinski definition) is 3. The van der Waals surface area contributed by atoms with Crippen LogP contribution in [-0.4, -0.2) is 47.7 Å². The molecule has 1 heterocycles. The molecule has 82 valence electrons. The number of carbonyl (C=O) groups is 1. The third kappa shape index (κ3) is 2.45. The highest BCUT2D eigenvalue weighted by Crippen LogP contribution is 2.14. The maximum absolute atomic E-state index is 11.7. The number of carbonyl (C=O) groups excluding carboxylic acids is 1. The van der Waals surface area contributed by atoms with Gasteiger partial charge in [0.25, 0.3) is 0 Å². The summed E-state index contributed by atoms with van der Waals surface area (Å²) in [6.07, 6.45) is 1.52. The Hall–Kier alpha value is -0.610. The molecule has 0 radical (unpaired) electrons. The Labute approximate surface area is 85.3 Å². The smallest absolute Gasteiger partial charge is 0.237 e. The molecule has 0 aliphatic carbocycles. The standard InChI is InChI=1S/C10H20N2O2/c1-3-12-8(2)4-6-11-10(14)9(12)5-7-13/h8-9,13H,3-7H2,1-2H3,(H,11,14). The van der Waals surface area contributed by atoms with Crippen LogP contribution in [0.15, 0.2) is 0 Å². The quantitative estimate of drug-likeness (QED) is 0.672. The molecule has 2 atom stereocenters. The molecule has 1 aliphatic heterocycles. The van der Waals surface area contributed by atoms with E-state index in [1.165, 1.54) is 0 Å². The van der Waals surface area contributed by atoms with Crippen molar-refractivity contribution in [2.45, 2.75) is 38.8 Å². The van der Waals surface area contributed by atoms with Crippen LogP contribution in [0, 0.1) is 0 Å². The number of aliphatic hydroxyl groups excluding tert-OH is 1. The molecule has 0 aromatic carbocycles. The molecule has 0 aromatic heterocycles. The molecule has 2 unspecified atom stereocenters. The number of nitrogens with zero attached hydrogens (tertiary/aromatic N) is 1. The minimum absolute atomic E-state index is 0.0604. The van der Waals surface area contributed by atoms with Crippen molar-refractivity contribution in [2.75, 3.05) is 19.7 Å². The Kier molecular flexibility index (Phi) is 4.35. The fourth-order valence-electron chi connectivity index (χ4n) is 2.10. The van der Waals surface area contributed by atoms with Gasteiger partial charge in [-0.2, -0.15) is 0 Å². The normalized spacial score (nSPS) is 29.8. The summed E-state index contributed by atoms with van der Waals surface area (Å²) in [5, 5.41) is 11.8. The zero-order chi connectivity index (χ0) is 10.6. The van der Waals surface area contributed by atoms with Crippen molar-refractivity contribution in [3.05, 3.63) is 0 Å². The van der Waals surface area contributed by atoms with Crippen molar-refractivity contribution >= 4 is 5.91 Å². The van der Waals surface area contributed by atoms with Crippen LogP contribution in [0.5, 0.6) is 0 Å². The van der Waals surface area contributed by atoms with Gasteiger partial charge in [0.1, 0.15) is 0 Å². The third-order valence-electron chi connectivity index (χ3n) is 2.90. The molecule has 4 nitrogen and oxygen atoms in total. The molecule has 14 heavy (non-hydrogen) atoms. The van der Waals surface area contributed by atoms with Gasteiger partial charge in [0.15, 0.2) is 0 Å². The molecule has 1 rings (SSSR count). The van der Waals surface area contributed by atoms with Crippen LogP contribution >= 0.6 is 0 Å². The SMILES string of the molecule is CCN1C(C)CCNC(=O)C1CCO. The predicted molar refractivity (Wildman–Crippen MR) is 55.0 cm³/mol. The molecule has 0 bridgehead atoms. The molecule has 0 saturated carbocycles. The summed E-state index contributed by atoms with van der Waals surface area (Å²) >= 11 is 0. The van der Waals surface area contributed by atoms with Gasteiger partial charge >= 0.3 is 0 Å². The number of likely N-dealkylation sites (N-methyl/N-ethyl adjacent to an activating group) is 1. The summed E-state index contributed by atoms with van der Waals surface area (Å²) in [5.74, 6) is 0.0604. The second-order valence-electron chi connectivity index (χ2n) is 3.79. The fourth-order valence-corrected chi connectivity index (χ4v) is 2.10. The maximum Gasteiger partial charge on any atom is 0.237 e. The van der Waals surface area contributed by atoms with Crippen molar-refractivity contribution in [1.82, 2.24) is 10.2 Å². The van der Waals surface area contributed by atoms with Crippen LogP contribution in [0.2, 0.25) is 0 Å². The first kappa shape index (κ1) is 11.5. The molecule has 1 saturated heterocycles. The number of aliphatic hydroxyl groups is 1. The average Bonchev–Trinajstić information content (AvgIpc) is 2.28. The highest BCUT2D eigenvalue weighted by molar-refractivity contribution is 5.82. The summed E-state index contributed by atoms with van der Waals surface area (Å²) in [4.78, 5) is 13.8. The Balaban J connectivity index is 2.73. The minimum Gasteiger partial charge on any atom is -0.396 e. The zero-order valence-corrected chi connectivity index (χ0v) is 8.99. The maximum atomic E-state index is 11.7. The monoisotopic (exact) mass is 200 g/mol. The van der Waals surface area contributed by atoms with Gasteiger partial charge in [-0.15, -0.1) is 0 Å². The third-order valence-corrected chi connectivity index (χ3v) is 2.90. The molecule has 0 spiro atoms. The van der Waals surface area contributed by atoms with Crippen molar-refractivity contribution in [3.8, 4) is 0 Å². The lowest BCUT2D eigenvalue weighted by Crippen LogP contribution is -2.47. The van der Waals surface area contributed by atoms with Gasteiger partial charge in [-0.3, -0.25) is 9.69 Å². The Morgan fingerprint density at radius 2 is 2.36 bits per heavy atom. The lowest BCUT2D eigenvalue weighted by atomic mass is 10.1. The topological polar surface area (TPSA) is 52.6 Å². The van der Waals surface area contributed by atoms with Crippen molar-refractivity contribution in [2.24, 2.45) is 0 Å². The van der Waals surface area contributed by atoms with E-state index in [1.807, 2.05) is 0 Å². The molecule has 1 fully saturated rings. The van der Waals surface area contributed by atoms with Crippen LogP contribution in [0.4, 0.5) is 0 Å². The van der Waals surface area contributed by atoms with Crippen LogP contribution in [-0.2, 0) is 4.79 Å². The van der Waals surface area contributed by atoms with Crippen molar-refractivity contribution in [3.63, 3.8) is 0 Å². The predicted octanol–water partition coefficient (Wildman–Crippen LogP) is -0.0323. The van der Waals surface area contributed by atoms with E-state index >= 15 is 0 Å². The summed E-state index contributed by atoms with van der Waals surface area (Å²) in [6.45, 7) is 5.87. The lowest BCUT2D eigenvalue weighted by molar-refractivity contribution is -0.126. The molecule has 4 heteroatoms. The van der Waals surface area contributed by atoms with E-state index in [0.29, 0.717) is 12.5 Å². The molecular weight excluding hydrogens is 180 g/mol. The van der Waals surface area contributed by atoms with E-state index < -0.39 is 0 Å². The van der Waals surface area contributed by atoms with E-state index in [0.717, 1.165) is 19.5 Å². The second-order valence-corrected chi connectivity index (χ2v) is 3.79. The number of hydrogen-bond donors (Lipinski definition) is 2. The van der Waals surface area contributed by atoms with Crippen LogP contribution in [0.3, 0.4) is 0 Å². The molecule has 0 aromatic rings. The van der Waals surface area contributed by atoms with Gasteiger partial charge in [0.05, 0.1) is 6.04 Å². The Morgan fingerprint density at radius 1 is 1.64 bits per heavy atom. The van der Waals surface area contributed by atoms with Gasteiger partial charge in [0, 0.05) is 19.2 Å². The van der Waals surface area contributed by atoms with Gasteiger partial charge < -0.3 is 10.4 Å². The van der Waals surface area contributed by atoms with Crippen LogP contribution in [0.25, 0.3) is 0 Å². The Bertz CT molecular complexity index is 197. The van der Waals surface area contributed by atoms with E-state index in [1.54, 1.807) is 0 Å². The van der Waals surface area contributed by atoms with Crippen molar-refractivity contribution < 1.29 is 9.90 Å². The fraction of sp³-hybridized carbons (Fsp3) is 0.900. The van der Waals surface area contributed by atoms with Gasteiger partial charge in [-0.25, -0.2) is 0 Å². The molecule has 1 amide bonds. The van der Waals surface area contributed by atoms with Crippen LogP contribution < -0.4 is 5.32 Å². The van der Waals surface area contributed by atoms with E-state index in [-0.39, 0.29) is 18.6 Å². The highest BCUT2D eigenvalue weighted by Gasteiger charge is 2.30. The Morgan fingerprint density at radius 3 is 2.93 bits per heavy atom. The number of rotatable bonds is 3. The summed E-state index contributed by atoms with van der Waals surface area (Å²) in [5.41, 5.74) is 0. The van der Waals surface area contributed by atoms with E-state index in [9.17, 15) is 4.79 Å². The zero-order valence-electron chi connectivity index (χ0n) is 8.99. The number of amides is 1. The molecule has 1 aliphatic rings. The van der Waals surface area contributed by atoms with Gasteiger partial charge in [-0.1, -0.05) is 6.92 Å². The summed E-state index contributed by atoms with van der Waals surface area (Å²) in [6, 6.07) is 0.262. The van der Waals surface area contributed by atoms with E-state index in [2.05, 4.69) is 24.1 Å². The summed E-state index contributed by atoms with van der Waals surface area (Å²) in [7, 11) is 0. The first-order valence-corrected chi connectivity index (χ1v) is 5.35. The lowest BCUT2D eigenvalue weighted by Gasteiger charge is -2.31.